The highest BCUT2D eigenvalue weighted by atomic mass is 79.9. The molecule has 0 aliphatic carbocycles. The summed E-state index contributed by atoms with van der Waals surface area (Å²) in [5.74, 6) is 0.333. The molecular weight excluding hydrogens is 323 g/mol. The lowest BCUT2D eigenvalue weighted by Gasteiger charge is -2.11. The maximum Gasteiger partial charge on any atom is 0.124 e. The number of hydrogen-bond acceptors (Lipinski definition) is 3. The van der Waals surface area contributed by atoms with Gasteiger partial charge in [-0.05, 0) is 42.0 Å². The first-order chi connectivity index (χ1) is 9.63. The van der Waals surface area contributed by atoms with Crippen molar-refractivity contribution >= 4 is 21.6 Å². The number of rotatable bonds is 4. The number of nitrogens with zero attached hydrogens (tertiary/aromatic N) is 1. The molecule has 0 heterocycles. The van der Waals surface area contributed by atoms with E-state index < -0.39 is 5.82 Å². The van der Waals surface area contributed by atoms with Gasteiger partial charge in [-0.25, -0.2) is 4.39 Å². The van der Waals surface area contributed by atoms with Gasteiger partial charge in [0.05, 0.1) is 18.4 Å². The molecule has 0 bridgehead atoms. The second-order valence-corrected chi connectivity index (χ2v) is 4.97. The highest BCUT2D eigenvalue weighted by molar-refractivity contribution is 9.10. The Balaban J connectivity index is 2.19. The summed E-state index contributed by atoms with van der Waals surface area (Å²) >= 11 is 3.46. The summed E-state index contributed by atoms with van der Waals surface area (Å²) in [6.07, 6.45) is 0. The molecule has 0 aromatic heterocycles. The van der Waals surface area contributed by atoms with Gasteiger partial charge in [-0.1, -0.05) is 15.9 Å². The molecule has 1 N–H and O–H groups in total. The highest BCUT2D eigenvalue weighted by Crippen LogP contribution is 2.24. The van der Waals surface area contributed by atoms with Gasteiger partial charge in [0.1, 0.15) is 17.6 Å². The van der Waals surface area contributed by atoms with Gasteiger partial charge in [0.2, 0.25) is 0 Å². The summed E-state index contributed by atoms with van der Waals surface area (Å²) in [4.78, 5) is 0. The first-order valence-corrected chi connectivity index (χ1v) is 6.69. The molecule has 3 nitrogen and oxygen atoms in total. The van der Waals surface area contributed by atoms with Crippen molar-refractivity contribution in [2.24, 2.45) is 0 Å². The molecule has 0 atom stereocenters. The third-order valence-corrected chi connectivity index (χ3v) is 3.60. The van der Waals surface area contributed by atoms with Crippen LogP contribution in [0.4, 0.5) is 10.1 Å². The zero-order chi connectivity index (χ0) is 14.5. The van der Waals surface area contributed by atoms with Gasteiger partial charge in [0.25, 0.3) is 0 Å². The SMILES string of the molecule is COc1ccc(Br)c(CNc2ccc(F)cc2C#N)c1. The number of nitriles is 1. The van der Waals surface area contributed by atoms with E-state index in [-0.39, 0.29) is 5.56 Å². The predicted molar refractivity (Wildman–Crippen MR) is 79.1 cm³/mol. The third kappa shape index (κ3) is 3.28. The minimum Gasteiger partial charge on any atom is -0.497 e. The molecule has 102 valence electrons. The van der Waals surface area contributed by atoms with Crippen molar-refractivity contribution in [3.8, 4) is 11.8 Å². The average molecular weight is 335 g/mol. The van der Waals surface area contributed by atoms with Gasteiger partial charge in [-0.3, -0.25) is 0 Å². The smallest absolute Gasteiger partial charge is 0.124 e. The second-order valence-electron chi connectivity index (χ2n) is 4.11. The minimum absolute atomic E-state index is 0.281. The Morgan fingerprint density at radius 2 is 2.10 bits per heavy atom. The Morgan fingerprint density at radius 1 is 1.30 bits per heavy atom. The Morgan fingerprint density at radius 3 is 2.80 bits per heavy atom. The van der Waals surface area contributed by atoms with E-state index in [1.165, 1.54) is 12.1 Å². The molecule has 20 heavy (non-hydrogen) atoms. The first kappa shape index (κ1) is 14.4. The molecule has 5 heteroatoms. The maximum atomic E-state index is 13.1. The lowest BCUT2D eigenvalue weighted by Crippen LogP contribution is -2.02. The number of halogens is 2. The average Bonchev–Trinajstić information content (AvgIpc) is 2.47. The van der Waals surface area contributed by atoms with Gasteiger partial charge in [0, 0.05) is 11.0 Å². The topological polar surface area (TPSA) is 45.0 Å². The molecule has 0 radical (unpaired) electrons. The largest absolute Gasteiger partial charge is 0.497 e. The summed E-state index contributed by atoms with van der Waals surface area (Å²) < 4.78 is 19.2. The summed E-state index contributed by atoms with van der Waals surface area (Å²) in [7, 11) is 1.61. The number of anilines is 1. The van der Waals surface area contributed by atoms with Crippen molar-refractivity contribution in [3.05, 3.63) is 57.8 Å². The number of methoxy groups -OCH3 is 1. The van der Waals surface area contributed by atoms with Crippen molar-refractivity contribution < 1.29 is 9.13 Å². The van der Waals surface area contributed by atoms with Crippen LogP contribution in [0.25, 0.3) is 0 Å². The van der Waals surface area contributed by atoms with E-state index >= 15 is 0 Å². The van der Waals surface area contributed by atoms with Crippen molar-refractivity contribution in [3.63, 3.8) is 0 Å². The Kier molecular flexibility index (Phi) is 4.59. The third-order valence-electron chi connectivity index (χ3n) is 2.82. The molecule has 0 amide bonds. The lowest BCUT2D eigenvalue weighted by molar-refractivity contribution is 0.414. The summed E-state index contributed by atoms with van der Waals surface area (Å²) in [5.41, 5.74) is 1.87. The van der Waals surface area contributed by atoms with Gasteiger partial charge < -0.3 is 10.1 Å². The van der Waals surface area contributed by atoms with E-state index in [4.69, 9.17) is 10.00 Å². The highest BCUT2D eigenvalue weighted by Gasteiger charge is 2.06. The molecular formula is C15H12BrFN2O. The van der Waals surface area contributed by atoms with Crippen LogP contribution in [0, 0.1) is 17.1 Å². The summed E-state index contributed by atoms with van der Waals surface area (Å²) in [6.45, 7) is 0.498. The summed E-state index contributed by atoms with van der Waals surface area (Å²) in [5, 5.41) is 12.1. The van der Waals surface area contributed by atoms with E-state index in [1.807, 2.05) is 24.3 Å². The Hall–Kier alpha value is -2.06. The first-order valence-electron chi connectivity index (χ1n) is 5.90. The van der Waals surface area contributed by atoms with Crippen LogP contribution in [0.15, 0.2) is 40.9 Å². The Labute approximate surface area is 125 Å². The van der Waals surface area contributed by atoms with E-state index in [1.54, 1.807) is 13.2 Å². The van der Waals surface area contributed by atoms with Crippen LogP contribution in [0.5, 0.6) is 5.75 Å². The summed E-state index contributed by atoms with van der Waals surface area (Å²) in [6, 6.07) is 11.7. The maximum absolute atomic E-state index is 13.1. The van der Waals surface area contributed by atoms with Crippen LogP contribution < -0.4 is 10.1 Å². The van der Waals surface area contributed by atoms with Crippen LogP contribution in [0.2, 0.25) is 0 Å². The van der Waals surface area contributed by atoms with E-state index in [0.717, 1.165) is 15.8 Å². The number of benzene rings is 2. The lowest BCUT2D eigenvalue weighted by atomic mass is 10.1. The van der Waals surface area contributed by atoms with Crippen LogP contribution >= 0.6 is 15.9 Å². The molecule has 2 rings (SSSR count). The molecule has 0 saturated carbocycles. The standard InChI is InChI=1S/C15H12BrFN2O/c1-20-13-3-4-14(16)11(7-13)9-19-15-5-2-12(17)6-10(15)8-18/h2-7,19H,9H2,1H3. The second kappa shape index (κ2) is 6.40. The molecule has 0 fully saturated rings. The molecule has 2 aromatic rings. The van der Waals surface area contributed by atoms with Crippen LogP contribution in [-0.2, 0) is 6.54 Å². The number of ether oxygens (including phenoxy) is 1. The van der Waals surface area contributed by atoms with Crippen LogP contribution in [0.1, 0.15) is 11.1 Å². The zero-order valence-electron chi connectivity index (χ0n) is 10.8. The van der Waals surface area contributed by atoms with Gasteiger partial charge in [-0.15, -0.1) is 0 Å². The monoisotopic (exact) mass is 334 g/mol. The van der Waals surface area contributed by atoms with Gasteiger partial charge in [0.15, 0.2) is 0 Å². The normalized spacial score (nSPS) is 9.90. The fraction of sp³-hybridized carbons (Fsp3) is 0.133. The van der Waals surface area contributed by atoms with Crippen molar-refractivity contribution in [1.82, 2.24) is 0 Å². The zero-order valence-corrected chi connectivity index (χ0v) is 12.4. The van der Waals surface area contributed by atoms with Gasteiger partial charge >= 0.3 is 0 Å². The van der Waals surface area contributed by atoms with Crippen molar-refractivity contribution in [2.75, 3.05) is 12.4 Å². The number of nitrogens with one attached hydrogen (secondary N) is 1. The Bertz CT molecular complexity index is 667. The molecule has 2 aromatic carbocycles. The van der Waals surface area contributed by atoms with Crippen molar-refractivity contribution in [2.45, 2.75) is 6.54 Å². The predicted octanol–water partition coefficient (Wildman–Crippen LogP) is 4.08. The van der Waals surface area contributed by atoms with Crippen molar-refractivity contribution in [1.29, 1.82) is 5.26 Å². The molecule has 0 aliphatic rings. The quantitative estimate of drug-likeness (QED) is 0.916. The molecule has 0 aliphatic heterocycles. The van der Waals surface area contributed by atoms with E-state index in [2.05, 4.69) is 21.2 Å². The van der Waals surface area contributed by atoms with Crippen LogP contribution in [-0.4, -0.2) is 7.11 Å². The molecule has 0 saturated heterocycles. The number of hydrogen-bond donors (Lipinski definition) is 1. The van der Waals surface area contributed by atoms with Crippen LogP contribution in [0.3, 0.4) is 0 Å². The molecule has 0 unspecified atom stereocenters. The molecule has 0 spiro atoms. The fourth-order valence-corrected chi connectivity index (χ4v) is 2.15. The van der Waals surface area contributed by atoms with E-state index in [0.29, 0.717) is 12.2 Å². The minimum atomic E-state index is -0.422. The van der Waals surface area contributed by atoms with Gasteiger partial charge in [-0.2, -0.15) is 5.26 Å². The van der Waals surface area contributed by atoms with E-state index in [9.17, 15) is 4.39 Å². The fourth-order valence-electron chi connectivity index (χ4n) is 1.77.